The summed E-state index contributed by atoms with van der Waals surface area (Å²) in [5.74, 6) is -0.659. The van der Waals surface area contributed by atoms with Crippen LogP contribution in [0.4, 0.5) is 0 Å². The van der Waals surface area contributed by atoms with Crippen molar-refractivity contribution in [1.82, 2.24) is 0 Å². The molecule has 1 N–H and O–H groups in total. The molecule has 2 rings (SSSR count). The fourth-order valence-corrected chi connectivity index (χ4v) is 2.71. The molecular formula is C20H22O5. The standard InChI is InChI=1S/C20H22O5/c1-24-18-9-8-15(12-19(18)25-2)11-17(21)13-16(20(22)23)10-14-6-4-3-5-7-14/h3-9,12,16H,10-11,13H2,1-2H3,(H,22,23). The minimum atomic E-state index is -0.954. The zero-order valence-corrected chi connectivity index (χ0v) is 14.4. The van der Waals surface area contributed by atoms with Gasteiger partial charge < -0.3 is 14.6 Å². The molecule has 0 aliphatic carbocycles. The van der Waals surface area contributed by atoms with E-state index in [1.165, 1.54) is 7.11 Å². The maximum Gasteiger partial charge on any atom is 0.307 e. The fraction of sp³-hybridized carbons (Fsp3) is 0.300. The van der Waals surface area contributed by atoms with Gasteiger partial charge in [-0.15, -0.1) is 0 Å². The Labute approximate surface area is 147 Å². The van der Waals surface area contributed by atoms with E-state index >= 15 is 0 Å². The molecule has 0 amide bonds. The molecule has 25 heavy (non-hydrogen) atoms. The predicted octanol–water partition coefficient (Wildman–Crippen LogP) is 3.15. The Balaban J connectivity index is 2.03. The molecule has 5 heteroatoms. The predicted molar refractivity (Wildman–Crippen MR) is 94.1 cm³/mol. The number of aliphatic carboxylic acids is 1. The molecule has 2 aromatic carbocycles. The largest absolute Gasteiger partial charge is 0.493 e. The number of hydrogen-bond donors (Lipinski definition) is 1. The summed E-state index contributed by atoms with van der Waals surface area (Å²) in [6, 6.07) is 14.6. The zero-order chi connectivity index (χ0) is 18.2. The molecule has 0 spiro atoms. The summed E-state index contributed by atoms with van der Waals surface area (Å²) in [4.78, 5) is 23.8. The molecular weight excluding hydrogens is 320 g/mol. The molecule has 0 aliphatic rings. The first-order chi connectivity index (χ1) is 12.0. The van der Waals surface area contributed by atoms with Crippen molar-refractivity contribution in [3.8, 4) is 11.5 Å². The highest BCUT2D eigenvalue weighted by Crippen LogP contribution is 2.28. The van der Waals surface area contributed by atoms with Crippen LogP contribution in [0.2, 0.25) is 0 Å². The average Bonchev–Trinajstić information content (AvgIpc) is 2.61. The van der Waals surface area contributed by atoms with E-state index in [2.05, 4.69) is 0 Å². The van der Waals surface area contributed by atoms with E-state index in [9.17, 15) is 14.7 Å². The van der Waals surface area contributed by atoms with Gasteiger partial charge in [0.1, 0.15) is 5.78 Å². The zero-order valence-electron chi connectivity index (χ0n) is 14.4. The minimum absolute atomic E-state index is 0.00142. The first-order valence-corrected chi connectivity index (χ1v) is 8.02. The molecule has 1 atom stereocenters. The first-order valence-electron chi connectivity index (χ1n) is 8.02. The quantitative estimate of drug-likeness (QED) is 0.758. The van der Waals surface area contributed by atoms with Crippen molar-refractivity contribution in [3.05, 3.63) is 59.7 Å². The van der Waals surface area contributed by atoms with Crippen molar-refractivity contribution in [3.63, 3.8) is 0 Å². The van der Waals surface area contributed by atoms with Gasteiger partial charge in [-0.05, 0) is 29.7 Å². The second kappa shape index (κ2) is 8.87. The van der Waals surface area contributed by atoms with Crippen molar-refractivity contribution < 1.29 is 24.2 Å². The molecule has 0 aliphatic heterocycles. The Morgan fingerprint density at radius 1 is 0.960 bits per heavy atom. The fourth-order valence-electron chi connectivity index (χ4n) is 2.71. The van der Waals surface area contributed by atoms with Crippen LogP contribution in [0.15, 0.2) is 48.5 Å². The normalized spacial score (nSPS) is 11.6. The highest BCUT2D eigenvalue weighted by Gasteiger charge is 2.22. The summed E-state index contributed by atoms with van der Waals surface area (Å²) in [6.07, 6.45) is 0.505. The van der Waals surface area contributed by atoms with Gasteiger partial charge in [0.05, 0.1) is 20.1 Å². The molecule has 0 aromatic heterocycles. The van der Waals surface area contributed by atoms with Gasteiger partial charge in [-0.25, -0.2) is 0 Å². The monoisotopic (exact) mass is 342 g/mol. The Kier molecular flexibility index (Phi) is 6.57. The van der Waals surface area contributed by atoms with E-state index in [0.717, 1.165) is 11.1 Å². The topological polar surface area (TPSA) is 72.8 Å². The van der Waals surface area contributed by atoms with E-state index < -0.39 is 11.9 Å². The number of carboxylic acids is 1. The van der Waals surface area contributed by atoms with Crippen LogP contribution >= 0.6 is 0 Å². The first kappa shape index (κ1) is 18.5. The van der Waals surface area contributed by atoms with Gasteiger partial charge in [-0.3, -0.25) is 9.59 Å². The van der Waals surface area contributed by atoms with Gasteiger partial charge >= 0.3 is 5.97 Å². The van der Waals surface area contributed by atoms with Gasteiger partial charge in [0.25, 0.3) is 0 Å². The molecule has 0 bridgehead atoms. The molecule has 0 heterocycles. The molecule has 1 unspecified atom stereocenters. The lowest BCUT2D eigenvalue weighted by Crippen LogP contribution is -2.21. The van der Waals surface area contributed by atoms with E-state index in [-0.39, 0.29) is 18.6 Å². The van der Waals surface area contributed by atoms with Crippen LogP contribution in [-0.4, -0.2) is 31.1 Å². The lowest BCUT2D eigenvalue weighted by atomic mass is 9.92. The van der Waals surface area contributed by atoms with E-state index in [0.29, 0.717) is 17.9 Å². The van der Waals surface area contributed by atoms with Crippen LogP contribution in [0, 0.1) is 5.92 Å². The van der Waals surface area contributed by atoms with Crippen molar-refractivity contribution in [1.29, 1.82) is 0 Å². The molecule has 0 radical (unpaired) electrons. The van der Waals surface area contributed by atoms with Crippen LogP contribution in [0.5, 0.6) is 11.5 Å². The third-order valence-corrected chi connectivity index (χ3v) is 4.00. The van der Waals surface area contributed by atoms with Gasteiger partial charge in [0.2, 0.25) is 0 Å². The van der Waals surface area contributed by atoms with Gasteiger partial charge in [0.15, 0.2) is 11.5 Å². The number of rotatable bonds is 9. The number of carboxylic acid groups (broad SMARTS) is 1. The van der Waals surface area contributed by atoms with E-state index in [1.807, 2.05) is 30.3 Å². The van der Waals surface area contributed by atoms with Gasteiger partial charge in [-0.1, -0.05) is 36.4 Å². The van der Waals surface area contributed by atoms with Crippen molar-refractivity contribution in [2.45, 2.75) is 19.3 Å². The van der Waals surface area contributed by atoms with Gasteiger partial charge in [0, 0.05) is 12.8 Å². The van der Waals surface area contributed by atoms with Crippen LogP contribution in [0.1, 0.15) is 17.5 Å². The Hall–Kier alpha value is -2.82. The molecule has 2 aromatic rings. The molecule has 0 saturated heterocycles. The lowest BCUT2D eigenvalue weighted by molar-refractivity contribution is -0.143. The summed E-state index contributed by atoms with van der Waals surface area (Å²) in [5.41, 5.74) is 1.68. The SMILES string of the molecule is COc1ccc(CC(=O)CC(Cc2ccccc2)C(=O)O)cc1OC. The number of methoxy groups -OCH3 is 2. The summed E-state index contributed by atoms with van der Waals surface area (Å²) in [5, 5.41) is 9.41. The van der Waals surface area contributed by atoms with E-state index in [1.54, 1.807) is 25.3 Å². The number of hydrogen-bond acceptors (Lipinski definition) is 4. The number of carbonyl (C=O) groups excluding carboxylic acids is 1. The molecule has 132 valence electrons. The second-order valence-electron chi connectivity index (χ2n) is 5.83. The minimum Gasteiger partial charge on any atom is -0.493 e. The maximum absolute atomic E-state index is 12.3. The molecule has 0 saturated carbocycles. The van der Waals surface area contributed by atoms with Crippen LogP contribution in [0.25, 0.3) is 0 Å². The number of ketones is 1. The van der Waals surface area contributed by atoms with Crippen molar-refractivity contribution >= 4 is 11.8 Å². The summed E-state index contributed by atoms with van der Waals surface area (Å²) in [7, 11) is 3.08. The van der Waals surface area contributed by atoms with Crippen LogP contribution in [0.3, 0.4) is 0 Å². The van der Waals surface area contributed by atoms with Crippen molar-refractivity contribution in [2.75, 3.05) is 14.2 Å². The number of carbonyl (C=O) groups is 2. The lowest BCUT2D eigenvalue weighted by Gasteiger charge is -2.13. The Morgan fingerprint density at radius 3 is 2.24 bits per heavy atom. The van der Waals surface area contributed by atoms with Crippen LogP contribution in [-0.2, 0) is 22.4 Å². The summed E-state index contributed by atoms with van der Waals surface area (Å²) >= 11 is 0. The number of Topliss-reactive ketones (excluding diaryl/α,β-unsaturated/α-hetero) is 1. The van der Waals surface area contributed by atoms with E-state index in [4.69, 9.17) is 9.47 Å². The van der Waals surface area contributed by atoms with Crippen LogP contribution < -0.4 is 9.47 Å². The maximum atomic E-state index is 12.3. The highest BCUT2D eigenvalue weighted by atomic mass is 16.5. The Morgan fingerprint density at radius 2 is 1.64 bits per heavy atom. The second-order valence-corrected chi connectivity index (χ2v) is 5.83. The number of benzene rings is 2. The smallest absolute Gasteiger partial charge is 0.307 e. The summed E-state index contributed by atoms with van der Waals surface area (Å²) in [6.45, 7) is 0. The molecule has 5 nitrogen and oxygen atoms in total. The third kappa shape index (κ3) is 5.35. The third-order valence-electron chi connectivity index (χ3n) is 4.00. The summed E-state index contributed by atoms with van der Waals surface area (Å²) < 4.78 is 10.4. The van der Waals surface area contributed by atoms with Gasteiger partial charge in [-0.2, -0.15) is 0 Å². The average molecular weight is 342 g/mol. The number of ether oxygens (including phenoxy) is 2. The van der Waals surface area contributed by atoms with Crippen molar-refractivity contribution in [2.24, 2.45) is 5.92 Å². The highest BCUT2D eigenvalue weighted by molar-refractivity contribution is 5.85. The molecule has 0 fully saturated rings. The Bertz CT molecular complexity index is 724.